The molecule has 0 aromatic heterocycles. The number of hydrogen-bond donors (Lipinski definition) is 6. The Morgan fingerprint density at radius 3 is 1.42 bits per heavy atom. The van der Waals surface area contributed by atoms with Gasteiger partial charge in [0.2, 0.25) is 11.8 Å². The van der Waals surface area contributed by atoms with Crippen LogP contribution < -0.4 is 20.1 Å². The number of anilines is 4. The molecular formula is C37H42N4O11S3. The van der Waals surface area contributed by atoms with Crippen LogP contribution in [0.2, 0.25) is 0 Å². The molecule has 2 amide bonds. The van der Waals surface area contributed by atoms with Crippen molar-refractivity contribution in [3.63, 3.8) is 0 Å². The van der Waals surface area contributed by atoms with Gasteiger partial charge in [0.1, 0.15) is 4.90 Å². The number of aryl methyl sites for hydroxylation is 2. The van der Waals surface area contributed by atoms with Crippen LogP contribution in [0.4, 0.5) is 22.7 Å². The van der Waals surface area contributed by atoms with Gasteiger partial charge in [-0.25, -0.2) is 21.6 Å². The van der Waals surface area contributed by atoms with E-state index in [-0.39, 0.29) is 26.9 Å². The highest BCUT2D eigenvalue weighted by Crippen LogP contribution is 2.29. The molecule has 0 aliphatic carbocycles. The number of carboxylic acid groups (broad SMARTS) is 1. The van der Waals surface area contributed by atoms with Gasteiger partial charge < -0.3 is 15.7 Å². The van der Waals surface area contributed by atoms with Crippen LogP contribution in [0.25, 0.3) is 0 Å². The van der Waals surface area contributed by atoms with Crippen LogP contribution in [-0.2, 0) is 52.6 Å². The number of carbonyl (C=O) groups is 3. The van der Waals surface area contributed by atoms with Crippen molar-refractivity contribution in [1.82, 2.24) is 0 Å². The average molecular weight is 815 g/mol. The minimum Gasteiger partial charge on any atom is -0.478 e. The zero-order chi connectivity index (χ0) is 40.4. The van der Waals surface area contributed by atoms with E-state index >= 15 is 0 Å². The van der Waals surface area contributed by atoms with Crippen LogP contribution in [0.5, 0.6) is 0 Å². The topological polar surface area (TPSA) is 242 Å². The van der Waals surface area contributed by atoms with E-state index in [0.29, 0.717) is 0 Å². The van der Waals surface area contributed by atoms with E-state index in [1.807, 2.05) is 13.8 Å². The molecule has 4 aromatic carbocycles. The first-order valence-electron chi connectivity index (χ1n) is 17.2. The smallest absolute Gasteiger partial charge is 0.337 e. The fourth-order valence-electron chi connectivity index (χ4n) is 5.30. The van der Waals surface area contributed by atoms with Gasteiger partial charge in [-0.1, -0.05) is 51.0 Å². The summed E-state index contributed by atoms with van der Waals surface area (Å²) in [6.45, 7) is 4.07. The number of rotatable bonds is 19. The highest BCUT2D eigenvalue weighted by Gasteiger charge is 2.23. The molecule has 0 fully saturated rings. The third kappa shape index (κ3) is 12.1. The lowest BCUT2D eigenvalue weighted by atomic mass is 10.1. The molecule has 4 rings (SSSR count). The first-order chi connectivity index (χ1) is 25.9. The van der Waals surface area contributed by atoms with E-state index < -0.39 is 76.9 Å². The van der Waals surface area contributed by atoms with Crippen LogP contribution in [0.3, 0.4) is 0 Å². The van der Waals surface area contributed by atoms with Crippen LogP contribution in [-0.4, -0.2) is 52.7 Å². The van der Waals surface area contributed by atoms with Crippen molar-refractivity contribution < 1.29 is 49.3 Å². The van der Waals surface area contributed by atoms with Crippen molar-refractivity contribution in [3.8, 4) is 0 Å². The Balaban J connectivity index is 1.38. The van der Waals surface area contributed by atoms with Crippen molar-refractivity contribution >= 4 is 70.7 Å². The molecule has 0 aliphatic heterocycles. The SMILES string of the molecule is CCCCc1ccc(S(=O)(=O)Nc2ccc(NC(=O)CCC(=O)Nc3ccc(NS(=O)(=O)c4ccc(CCCC)cc4)c(S(=O)(=O)O)c3)cc2C(=O)O)cc1. The lowest BCUT2D eigenvalue weighted by molar-refractivity contribution is -0.121. The summed E-state index contributed by atoms with van der Waals surface area (Å²) in [6, 6.07) is 18.9. The van der Waals surface area contributed by atoms with Gasteiger partial charge >= 0.3 is 5.97 Å². The lowest BCUT2D eigenvalue weighted by Gasteiger charge is -2.14. The number of carbonyl (C=O) groups excluding carboxylic acids is 2. The number of sulfonamides is 2. The Hall–Kier alpha value is -5.30. The molecule has 0 unspecified atom stereocenters. The molecule has 15 nitrogen and oxygen atoms in total. The maximum Gasteiger partial charge on any atom is 0.337 e. The van der Waals surface area contributed by atoms with Gasteiger partial charge in [0.05, 0.1) is 26.7 Å². The molecular weight excluding hydrogens is 773 g/mol. The minimum atomic E-state index is -4.99. The number of carboxylic acids is 1. The Morgan fingerprint density at radius 1 is 0.582 bits per heavy atom. The van der Waals surface area contributed by atoms with Gasteiger partial charge in [-0.2, -0.15) is 8.42 Å². The lowest BCUT2D eigenvalue weighted by Crippen LogP contribution is -2.19. The second kappa shape index (κ2) is 18.4. The number of amides is 2. The van der Waals surface area contributed by atoms with Crippen molar-refractivity contribution in [2.24, 2.45) is 0 Å². The summed E-state index contributed by atoms with van der Waals surface area (Å²) in [4.78, 5) is 36.3. The summed E-state index contributed by atoms with van der Waals surface area (Å²) < 4.78 is 90.7. The fraction of sp³-hybridized carbons (Fsp3) is 0.270. The molecule has 0 saturated heterocycles. The Kier molecular flexibility index (Phi) is 14.2. The molecule has 6 N–H and O–H groups in total. The molecule has 294 valence electrons. The van der Waals surface area contributed by atoms with Gasteiger partial charge in [0, 0.05) is 24.2 Å². The van der Waals surface area contributed by atoms with Crippen molar-refractivity contribution in [3.05, 3.63) is 102 Å². The molecule has 0 radical (unpaired) electrons. The number of aromatic carboxylic acids is 1. The molecule has 0 saturated carbocycles. The van der Waals surface area contributed by atoms with Gasteiger partial charge in [0.25, 0.3) is 30.2 Å². The highest BCUT2D eigenvalue weighted by molar-refractivity contribution is 7.93. The maximum atomic E-state index is 13.0. The minimum absolute atomic E-state index is 0.00862. The monoisotopic (exact) mass is 814 g/mol. The maximum absolute atomic E-state index is 13.0. The first-order valence-corrected chi connectivity index (χ1v) is 21.6. The van der Waals surface area contributed by atoms with Crippen LogP contribution in [0.1, 0.15) is 73.9 Å². The number of hydrogen-bond acceptors (Lipinski definition) is 9. The predicted octanol–water partition coefficient (Wildman–Crippen LogP) is 6.28. The van der Waals surface area contributed by atoms with E-state index in [2.05, 4.69) is 20.1 Å². The Bertz CT molecular complexity index is 2370. The molecule has 0 bridgehead atoms. The number of benzene rings is 4. The zero-order valence-electron chi connectivity index (χ0n) is 30.0. The van der Waals surface area contributed by atoms with E-state index in [1.165, 1.54) is 42.5 Å². The summed E-state index contributed by atoms with van der Waals surface area (Å²) in [6.07, 6.45) is 4.55. The van der Waals surface area contributed by atoms with Gasteiger partial charge in [-0.15, -0.1) is 0 Å². The predicted molar refractivity (Wildman–Crippen MR) is 208 cm³/mol. The fourth-order valence-corrected chi connectivity index (χ4v) is 8.20. The van der Waals surface area contributed by atoms with Crippen LogP contribution in [0.15, 0.2) is 99.6 Å². The second-order valence-corrected chi connectivity index (χ2v) is 17.3. The summed E-state index contributed by atoms with van der Waals surface area (Å²) in [5, 5.41) is 14.6. The summed E-state index contributed by atoms with van der Waals surface area (Å²) in [7, 11) is -13.4. The molecule has 55 heavy (non-hydrogen) atoms. The summed E-state index contributed by atoms with van der Waals surface area (Å²) >= 11 is 0. The third-order valence-electron chi connectivity index (χ3n) is 8.25. The normalized spacial score (nSPS) is 11.8. The van der Waals surface area contributed by atoms with E-state index in [4.69, 9.17) is 0 Å². The largest absolute Gasteiger partial charge is 0.478 e. The van der Waals surface area contributed by atoms with Gasteiger partial charge in [-0.3, -0.25) is 23.6 Å². The highest BCUT2D eigenvalue weighted by atomic mass is 32.2. The second-order valence-electron chi connectivity index (χ2n) is 12.6. The standard InChI is InChI=1S/C37H42N4O11S3/c1-3-5-7-25-9-15-29(16-10-25)53(46,47)40-32-19-13-27(23-31(32)37(44)45)38-35(42)21-22-36(43)39-28-14-20-33(34(24-28)55(50,51)52)41-54(48,49)30-17-11-26(12-18-30)8-6-4-2/h9-20,23-24,40-41H,3-8,21-22H2,1-2H3,(H,38,42)(H,39,43)(H,44,45)(H,50,51,52). The average Bonchev–Trinajstić information content (AvgIpc) is 3.13. The Morgan fingerprint density at radius 2 is 1.00 bits per heavy atom. The quantitative estimate of drug-likeness (QED) is 0.0576. The number of nitrogens with one attached hydrogen (secondary N) is 4. The molecule has 0 atom stereocenters. The zero-order valence-corrected chi connectivity index (χ0v) is 32.5. The first kappa shape index (κ1) is 42.4. The van der Waals surface area contributed by atoms with Crippen molar-refractivity contribution in [2.45, 2.75) is 79.9 Å². The molecule has 18 heteroatoms. The van der Waals surface area contributed by atoms with Gasteiger partial charge in [-0.05, 0) is 97.5 Å². The van der Waals surface area contributed by atoms with Crippen LogP contribution >= 0.6 is 0 Å². The Labute approximate surface area is 320 Å². The van der Waals surface area contributed by atoms with Crippen LogP contribution in [0, 0.1) is 0 Å². The molecule has 4 aromatic rings. The molecule has 0 spiro atoms. The number of unbranched alkanes of at least 4 members (excludes halogenated alkanes) is 2. The molecule has 0 aliphatic rings. The van der Waals surface area contributed by atoms with E-state index in [9.17, 15) is 49.3 Å². The van der Waals surface area contributed by atoms with E-state index in [1.54, 1.807) is 24.3 Å². The third-order valence-corrected chi connectivity index (χ3v) is 11.9. The summed E-state index contributed by atoms with van der Waals surface area (Å²) in [5.41, 5.74) is 0.630. The van der Waals surface area contributed by atoms with E-state index in [0.717, 1.165) is 67.9 Å². The van der Waals surface area contributed by atoms with Crippen molar-refractivity contribution in [1.29, 1.82) is 0 Å². The summed E-state index contributed by atoms with van der Waals surface area (Å²) in [5.74, 6) is -2.92. The van der Waals surface area contributed by atoms with Crippen molar-refractivity contribution in [2.75, 3.05) is 20.1 Å². The van der Waals surface area contributed by atoms with Gasteiger partial charge in [0.15, 0.2) is 0 Å². The molecule has 0 heterocycles.